The van der Waals surface area contributed by atoms with Crippen LogP contribution in [0.1, 0.15) is 89.1 Å². The second-order valence-corrected chi connectivity index (χ2v) is 14.2. The van der Waals surface area contributed by atoms with E-state index in [0.717, 1.165) is 30.4 Å². The van der Waals surface area contributed by atoms with Crippen molar-refractivity contribution in [2.24, 2.45) is 11.5 Å². The van der Waals surface area contributed by atoms with Crippen molar-refractivity contribution >= 4 is 35.3 Å². The molecule has 1 aliphatic heterocycles. The van der Waals surface area contributed by atoms with Gasteiger partial charge in [-0.05, 0) is 108 Å². The van der Waals surface area contributed by atoms with E-state index in [-0.39, 0.29) is 31.3 Å². The fourth-order valence-electron chi connectivity index (χ4n) is 5.94. The predicted molar refractivity (Wildman–Crippen MR) is 208 cm³/mol. The zero-order valence-corrected chi connectivity index (χ0v) is 32.6. The number of unbranched alkanes of at least 4 members (excludes halogenated alkanes) is 2. The van der Waals surface area contributed by atoms with Crippen LogP contribution >= 0.6 is 0 Å². The zero-order chi connectivity index (χ0) is 40.7. The average molecular weight is 766 g/mol. The van der Waals surface area contributed by atoms with Gasteiger partial charge in [-0.3, -0.25) is 28.8 Å². The molecule has 2 aromatic rings. The first-order chi connectivity index (χ1) is 26.2. The summed E-state index contributed by atoms with van der Waals surface area (Å²) >= 11 is 0. The number of aliphatic hydroxyl groups excluding tert-OH is 1. The Kier molecular flexibility index (Phi) is 17.9. The summed E-state index contributed by atoms with van der Waals surface area (Å²) < 4.78 is 5.21. The predicted octanol–water partition coefficient (Wildman–Crippen LogP) is 0.989. The molecule has 1 saturated heterocycles. The van der Waals surface area contributed by atoms with Gasteiger partial charge in [0.2, 0.25) is 23.6 Å². The maximum Gasteiger partial charge on any atom is 0.251 e. The van der Waals surface area contributed by atoms with Crippen LogP contribution in [0, 0.1) is 0 Å². The lowest BCUT2D eigenvalue weighted by Gasteiger charge is -2.26. The maximum atomic E-state index is 13.4. The van der Waals surface area contributed by atoms with Crippen LogP contribution in [-0.2, 0) is 35.1 Å². The summed E-state index contributed by atoms with van der Waals surface area (Å²) in [5, 5.41) is 23.3. The Labute approximate surface area is 323 Å². The summed E-state index contributed by atoms with van der Waals surface area (Å²) in [5.41, 5.74) is 14.9. The molecule has 5 amide bonds. The molecule has 3 rings (SSSR count). The van der Waals surface area contributed by atoms with Crippen molar-refractivity contribution in [2.45, 2.75) is 128 Å². The van der Waals surface area contributed by atoms with E-state index in [1.807, 2.05) is 24.3 Å². The Balaban J connectivity index is 1.60. The van der Waals surface area contributed by atoms with Gasteiger partial charge in [0.1, 0.15) is 30.3 Å². The first kappa shape index (κ1) is 44.7. The first-order valence-corrected chi connectivity index (χ1v) is 19.2. The molecule has 2 aromatic carbocycles. The van der Waals surface area contributed by atoms with Gasteiger partial charge in [-0.15, -0.1) is 0 Å². The fraction of sp³-hybridized carbons (Fsp3) is 0.550. The SMILES string of the molecule is CCCCc1ccc(-c2ccc(C(=O)N[C@@H](CCN)C(=O)N[C@H](C(=O)N[C@@H](C)C(=O)N[C@@H](CCCCN)C(=O)N[C@@H](C)C(=O)C3O[C@@H]3C)[C@@H](C)O)cc2)cc1. The second kappa shape index (κ2) is 22.0. The number of aryl methyl sites for hydroxylation is 1. The molecule has 302 valence electrons. The standard InChI is InChI=1S/C40H59N7O8/c1-6-7-10-27-12-14-28(15-13-27)29-16-18-30(19-17-29)37(51)46-32(20-22-42)39(53)47-33(25(4)48)40(54)44-24(3)36(50)45-31(11-8-9-21-41)38(52)43-23(2)34(49)35-26(5)55-35/h12-19,23-26,31-33,35,48H,6-11,20-22,41-42H2,1-5H3,(H,43,52)(H,44,54)(H,45,50)(H,46,51)(H,47,53)/t23-,24-,25+,26+,31-,32-,33-,35?/m0/s1. The van der Waals surface area contributed by atoms with Crippen LogP contribution in [0.3, 0.4) is 0 Å². The fourth-order valence-corrected chi connectivity index (χ4v) is 5.94. The molecule has 0 aliphatic carbocycles. The molecule has 15 nitrogen and oxygen atoms in total. The number of rotatable bonds is 23. The molecular weight excluding hydrogens is 706 g/mol. The molecule has 8 atom stereocenters. The minimum atomic E-state index is -1.50. The lowest BCUT2D eigenvalue weighted by molar-refractivity contribution is -0.135. The summed E-state index contributed by atoms with van der Waals surface area (Å²) in [7, 11) is 0. The Morgan fingerprint density at radius 3 is 1.80 bits per heavy atom. The molecule has 15 heteroatoms. The number of nitrogens with one attached hydrogen (secondary N) is 5. The van der Waals surface area contributed by atoms with Gasteiger partial charge in [-0.25, -0.2) is 0 Å². The first-order valence-electron chi connectivity index (χ1n) is 19.2. The highest BCUT2D eigenvalue weighted by molar-refractivity contribution is 5.99. The topological polar surface area (TPSA) is 247 Å². The number of epoxide rings is 1. The summed E-state index contributed by atoms with van der Waals surface area (Å²) in [6.07, 6.45) is 2.44. The number of amides is 5. The van der Waals surface area contributed by atoms with Gasteiger partial charge in [0, 0.05) is 5.56 Å². The molecule has 55 heavy (non-hydrogen) atoms. The van der Waals surface area contributed by atoms with Gasteiger partial charge >= 0.3 is 0 Å². The molecule has 0 aromatic heterocycles. The van der Waals surface area contributed by atoms with Crippen LogP contribution in [0.15, 0.2) is 48.5 Å². The number of hydrogen-bond acceptors (Lipinski definition) is 10. The average Bonchev–Trinajstić information content (AvgIpc) is 3.90. The Bertz CT molecular complexity index is 1600. The van der Waals surface area contributed by atoms with E-state index in [4.69, 9.17) is 16.2 Å². The largest absolute Gasteiger partial charge is 0.391 e. The highest BCUT2D eigenvalue weighted by Crippen LogP contribution is 2.23. The summed E-state index contributed by atoms with van der Waals surface area (Å²) in [4.78, 5) is 78.7. The van der Waals surface area contributed by atoms with Crippen LogP contribution in [-0.4, -0.2) is 102 Å². The summed E-state index contributed by atoms with van der Waals surface area (Å²) in [6.45, 7) is 8.53. The number of ether oxygens (including phenoxy) is 1. The number of hydrogen-bond donors (Lipinski definition) is 8. The smallest absolute Gasteiger partial charge is 0.251 e. The molecule has 0 radical (unpaired) electrons. The molecule has 0 saturated carbocycles. The van der Waals surface area contributed by atoms with Crippen molar-refractivity contribution in [1.29, 1.82) is 0 Å². The third kappa shape index (κ3) is 13.8. The third-order valence-corrected chi connectivity index (χ3v) is 9.50. The minimum Gasteiger partial charge on any atom is -0.391 e. The zero-order valence-electron chi connectivity index (χ0n) is 32.6. The molecule has 0 bridgehead atoms. The maximum absolute atomic E-state index is 13.4. The number of nitrogens with two attached hydrogens (primary N) is 2. The van der Waals surface area contributed by atoms with E-state index in [1.165, 1.54) is 26.3 Å². The van der Waals surface area contributed by atoms with Crippen molar-refractivity contribution in [2.75, 3.05) is 13.1 Å². The Hall–Kier alpha value is -4.70. The van der Waals surface area contributed by atoms with Gasteiger partial charge in [-0.2, -0.15) is 0 Å². The molecular formula is C40H59N7O8. The van der Waals surface area contributed by atoms with Gasteiger partial charge in [0.25, 0.3) is 5.91 Å². The normalized spacial score (nSPS) is 18.0. The molecule has 1 heterocycles. The van der Waals surface area contributed by atoms with E-state index in [1.54, 1.807) is 19.1 Å². The van der Waals surface area contributed by atoms with Crippen LogP contribution < -0.4 is 38.1 Å². The highest BCUT2D eigenvalue weighted by Gasteiger charge is 2.43. The van der Waals surface area contributed by atoms with Gasteiger partial charge in [-0.1, -0.05) is 49.7 Å². The molecule has 1 unspecified atom stereocenters. The molecule has 1 fully saturated rings. The number of benzene rings is 2. The van der Waals surface area contributed by atoms with Crippen LogP contribution in [0.4, 0.5) is 0 Å². The number of aliphatic hydroxyl groups is 1. The summed E-state index contributed by atoms with van der Waals surface area (Å²) in [6, 6.07) is 9.51. The van der Waals surface area contributed by atoms with Crippen molar-refractivity contribution in [3.05, 3.63) is 59.7 Å². The summed E-state index contributed by atoms with van der Waals surface area (Å²) in [5.74, 6) is -3.73. The van der Waals surface area contributed by atoms with E-state index < -0.39 is 72.0 Å². The Morgan fingerprint density at radius 2 is 1.25 bits per heavy atom. The highest BCUT2D eigenvalue weighted by atomic mass is 16.6. The van der Waals surface area contributed by atoms with Gasteiger partial charge < -0.3 is 47.9 Å². The number of carbonyl (C=O) groups excluding carboxylic acids is 6. The van der Waals surface area contributed by atoms with Crippen molar-refractivity contribution in [1.82, 2.24) is 26.6 Å². The molecule has 10 N–H and O–H groups in total. The number of ketones is 1. The van der Waals surface area contributed by atoms with Gasteiger partial charge in [0.05, 0.1) is 18.2 Å². The second-order valence-electron chi connectivity index (χ2n) is 14.2. The van der Waals surface area contributed by atoms with Crippen molar-refractivity contribution in [3.8, 4) is 11.1 Å². The van der Waals surface area contributed by atoms with Crippen LogP contribution in [0.25, 0.3) is 11.1 Å². The van der Waals surface area contributed by atoms with Crippen molar-refractivity contribution < 1.29 is 38.6 Å². The molecule has 1 aliphatic rings. The lowest BCUT2D eigenvalue weighted by atomic mass is 10.0. The quantitative estimate of drug-likeness (QED) is 0.0589. The van der Waals surface area contributed by atoms with E-state index >= 15 is 0 Å². The van der Waals surface area contributed by atoms with Gasteiger partial charge in [0.15, 0.2) is 5.78 Å². The van der Waals surface area contributed by atoms with E-state index in [0.29, 0.717) is 24.9 Å². The Morgan fingerprint density at radius 1 is 0.691 bits per heavy atom. The number of carbonyl (C=O) groups is 6. The number of Topliss-reactive ketones (excluding diaryl/α,β-unsaturated/α-hetero) is 1. The van der Waals surface area contributed by atoms with Crippen LogP contribution in [0.5, 0.6) is 0 Å². The monoisotopic (exact) mass is 765 g/mol. The van der Waals surface area contributed by atoms with E-state index in [2.05, 4.69) is 45.6 Å². The van der Waals surface area contributed by atoms with Crippen LogP contribution in [0.2, 0.25) is 0 Å². The third-order valence-electron chi connectivity index (χ3n) is 9.50. The van der Waals surface area contributed by atoms with Crippen molar-refractivity contribution in [3.63, 3.8) is 0 Å². The molecule has 0 spiro atoms. The minimum absolute atomic E-state index is 0.0365. The lowest BCUT2D eigenvalue weighted by Crippen LogP contribution is -2.60. The van der Waals surface area contributed by atoms with E-state index in [9.17, 15) is 33.9 Å².